The SMILES string of the molecule is CC(C)(C)[S+]([O-])N[C@H]1C2CCC(CC2)[C@H]1C(=O)O. The first kappa shape index (κ1) is 14.2. The van der Waals surface area contributed by atoms with Crippen LogP contribution in [0.4, 0.5) is 0 Å². The molecule has 0 aromatic carbocycles. The Balaban J connectivity index is 2.11. The third-order valence-electron chi connectivity index (χ3n) is 4.30. The number of carboxylic acid groups (broad SMARTS) is 1. The molecule has 0 aromatic heterocycles. The number of carbonyl (C=O) groups is 1. The summed E-state index contributed by atoms with van der Waals surface area (Å²) in [5.41, 5.74) is 0. The molecule has 3 fully saturated rings. The van der Waals surface area contributed by atoms with E-state index in [1.54, 1.807) is 0 Å². The van der Waals surface area contributed by atoms with E-state index in [1.807, 2.05) is 20.8 Å². The lowest BCUT2D eigenvalue weighted by molar-refractivity contribution is -0.149. The van der Waals surface area contributed by atoms with Gasteiger partial charge in [-0.1, -0.05) is 0 Å². The number of aliphatic carboxylic acids is 1. The monoisotopic (exact) mass is 273 g/mol. The molecule has 2 bridgehead atoms. The molecule has 104 valence electrons. The molecule has 0 radical (unpaired) electrons. The van der Waals surface area contributed by atoms with Crippen LogP contribution in [0.2, 0.25) is 0 Å². The molecule has 18 heavy (non-hydrogen) atoms. The van der Waals surface area contributed by atoms with Gasteiger partial charge in [-0.2, -0.15) is 0 Å². The van der Waals surface area contributed by atoms with Gasteiger partial charge in [0.15, 0.2) is 0 Å². The van der Waals surface area contributed by atoms with Crippen LogP contribution in [0.5, 0.6) is 0 Å². The molecular weight excluding hydrogens is 250 g/mol. The van der Waals surface area contributed by atoms with Gasteiger partial charge in [0.1, 0.15) is 4.75 Å². The van der Waals surface area contributed by atoms with Gasteiger partial charge in [-0.05, 0) is 58.3 Å². The maximum absolute atomic E-state index is 12.2. The van der Waals surface area contributed by atoms with E-state index in [0.717, 1.165) is 25.7 Å². The smallest absolute Gasteiger partial charge is 0.308 e. The lowest BCUT2D eigenvalue weighted by Crippen LogP contribution is -2.58. The van der Waals surface area contributed by atoms with Crippen molar-refractivity contribution < 1.29 is 14.5 Å². The highest BCUT2D eigenvalue weighted by Crippen LogP contribution is 2.45. The minimum Gasteiger partial charge on any atom is -0.598 e. The highest BCUT2D eigenvalue weighted by atomic mass is 32.2. The van der Waals surface area contributed by atoms with Crippen LogP contribution < -0.4 is 4.72 Å². The van der Waals surface area contributed by atoms with E-state index in [1.165, 1.54) is 0 Å². The first-order chi connectivity index (χ1) is 8.30. The van der Waals surface area contributed by atoms with E-state index in [4.69, 9.17) is 0 Å². The van der Waals surface area contributed by atoms with E-state index in [2.05, 4.69) is 4.72 Å². The minimum atomic E-state index is -1.19. The molecule has 0 aliphatic heterocycles. The van der Waals surface area contributed by atoms with Gasteiger partial charge in [-0.15, -0.1) is 4.72 Å². The molecule has 0 saturated heterocycles. The zero-order chi connectivity index (χ0) is 13.5. The van der Waals surface area contributed by atoms with Crippen molar-refractivity contribution >= 4 is 17.3 Å². The van der Waals surface area contributed by atoms with E-state index in [9.17, 15) is 14.5 Å². The molecule has 0 heterocycles. The molecule has 3 saturated carbocycles. The van der Waals surface area contributed by atoms with Crippen LogP contribution in [0, 0.1) is 17.8 Å². The highest BCUT2D eigenvalue weighted by molar-refractivity contribution is 7.90. The summed E-state index contributed by atoms with van der Waals surface area (Å²) in [6, 6.07) is -0.116. The van der Waals surface area contributed by atoms with E-state index in [-0.39, 0.29) is 22.6 Å². The largest absolute Gasteiger partial charge is 0.598 e. The molecular formula is C13H23NO3S. The molecule has 0 aromatic rings. The van der Waals surface area contributed by atoms with Gasteiger partial charge in [-0.3, -0.25) is 4.79 Å². The summed E-state index contributed by atoms with van der Waals surface area (Å²) in [5, 5.41) is 9.41. The summed E-state index contributed by atoms with van der Waals surface area (Å²) in [7, 11) is 0. The van der Waals surface area contributed by atoms with Gasteiger partial charge in [0.2, 0.25) is 0 Å². The fourth-order valence-electron chi connectivity index (χ4n) is 3.27. The van der Waals surface area contributed by atoms with Crippen molar-refractivity contribution in [1.29, 1.82) is 0 Å². The van der Waals surface area contributed by atoms with Gasteiger partial charge in [0, 0.05) is 11.4 Å². The predicted molar refractivity (Wildman–Crippen MR) is 71.4 cm³/mol. The average Bonchev–Trinajstić information content (AvgIpc) is 2.28. The second-order valence-electron chi connectivity index (χ2n) is 6.56. The lowest BCUT2D eigenvalue weighted by Gasteiger charge is -2.47. The van der Waals surface area contributed by atoms with Gasteiger partial charge in [-0.25, -0.2) is 0 Å². The van der Waals surface area contributed by atoms with Crippen LogP contribution in [-0.4, -0.2) is 26.4 Å². The summed E-state index contributed by atoms with van der Waals surface area (Å²) in [6.07, 6.45) is 4.19. The summed E-state index contributed by atoms with van der Waals surface area (Å²) in [5.74, 6) is -0.444. The quantitative estimate of drug-likeness (QED) is 0.771. The molecule has 3 aliphatic carbocycles. The van der Waals surface area contributed by atoms with Crippen molar-refractivity contribution in [3.63, 3.8) is 0 Å². The van der Waals surface area contributed by atoms with Gasteiger partial charge in [0.05, 0.1) is 12.0 Å². The van der Waals surface area contributed by atoms with Crippen molar-refractivity contribution in [2.75, 3.05) is 0 Å². The van der Waals surface area contributed by atoms with Gasteiger partial charge >= 0.3 is 5.97 Å². The highest BCUT2D eigenvalue weighted by Gasteiger charge is 2.49. The number of carboxylic acids is 1. The second kappa shape index (κ2) is 5.02. The van der Waals surface area contributed by atoms with Crippen LogP contribution >= 0.6 is 0 Å². The Morgan fingerprint density at radius 2 is 1.72 bits per heavy atom. The molecule has 3 rings (SSSR count). The lowest BCUT2D eigenvalue weighted by atomic mass is 9.62. The molecule has 0 spiro atoms. The Morgan fingerprint density at radius 1 is 1.22 bits per heavy atom. The van der Waals surface area contributed by atoms with Crippen LogP contribution in [0.25, 0.3) is 0 Å². The Hall–Kier alpha value is -0.260. The molecule has 3 atom stereocenters. The van der Waals surface area contributed by atoms with Crippen molar-refractivity contribution in [2.24, 2.45) is 17.8 Å². The first-order valence-electron chi connectivity index (χ1n) is 6.71. The first-order valence-corrected chi connectivity index (χ1v) is 7.86. The Bertz CT molecular complexity index is 321. The molecule has 5 heteroatoms. The Labute approximate surface area is 112 Å². The Morgan fingerprint density at radius 3 is 2.17 bits per heavy atom. The summed E-state index contributed by atoms with van der Waals surface area (Å²) >= 11 is -1.19. The molecule has 0 amide bonds. The summed E-state index contributed by atoms with van der Waals surface area (Å²) in [4.78, 5) is 11.4. The summed E-state index contributed by atoms with van der Waals surface area (Å²) < 4.78 is 14.9. The van der Waals surface area contributed by atoms with Crippen LogP contribution in [-0.2, 0) is 16.2 Å². The van der Waals surface area contributed by atoms with Crippen LogP contribution in [0.3, 0.4) is 0 Å². The summed E-state index contributed by atoms with van der Waals surface area (Å²) in [6.45, 7) is 5.73. The fraction of sp³-hybridized carbons (Fsp3) is 0.923. The van der Waals surface area contributed by atoms with Crippen molar-refractivity contribution in [1.82, 2.24) is 4.72 Å². The molecule has 1 unspecified atom stereocenters. The number of hydrogen-bond acceptors (Lipinski definition) is 3. The number of fused-ring (bicyclic) bond motifs is 3. The molecule has 2 N–H and O–H groups in total. The van der Waals surface area contributed by atoms with Crippen molar-refractivity contribution in [3.05, 3.63) is 0 Å². The maximum Gasteiger partial charge on any atom is 0.308 e. The molecule has 3 aliphatic rings. The average molecular weight is 273 g/mol. The predicted octanol–water partition coefficient (Wildman–Crippen LogP) is 1.93. The third kappa shape index (κ3) is 2.68. The number of hydrogen-bond donors (Lipinski definition) is 2. The number of rotatable bonds is 3. The van der Waals surface area contributed by atoms with Gasteiger partial charge < -0.3 is 9.66 Å². The minimum absolute atomic E-state index is 0.116. The van der Waals surface area contributed by atoms with E-state index < -0.39 is 17.3 Å². The zero-order valence-corrected chi connectivity index (χ0v) is 12.1. The molecule has 4 nitrogen and oxygen atoms in total. The Kier molecular flexibility index (Phi) is 3.95. The van der Waals surface area contributed by atoms with Crippen LogP contribution in [0.1, 0.15) is 46.5 Å². The fourth-order valence-corrected chi connectivity index (χ4v) is 4.21. The van der Waals surface area contributed by atoms with Crippen molar-refractivity contribution in [3.8, 4) is 0 Å². The standard InChI is InChI=1S/C13H23NO3S/c1-13(2,3)18(17)14-11-9-6-4-8(5-7-9)10(11)12(15)16/h8-11,14H,4-7H2,1-3H3,(H,15,16)/t8?,9?,10-,11+,18?/m1/s1. The van der Waals surface area contributed by atoms with Crippen molar-refractivity contribution in [2.45, 2.75) is 57.2 Å². The van der Waals surface area contributed by atoms with Crippen LogP contribution in [0.15, 0.2) is 0 Å². The zero-order valence-electron chi connectivity index (χ0n) is 11.3. The van der Waals surface area contributed by atoms with E-state index >= 15 is 0 Å². The normalized spacial score (nSPS) is 37.6. The topological polar surface area (TPSA) is 72.4 Å². The third-order valence-corrected chi connectivity index (χ3v) is 5.90. The maximum atomic E-state index is 12.2. The second-order valence-corrected chi connectivity index (χ2v) is 8.56. The van der Waals surface area contributed by atoms with E-state index in [0.29, 0.717) is 5.92 Å². The van der Waals surface area contributed by atoms with Gasteiger partial charge in [0.25, 0.3) is 0 Å². The number of nitrogens with one attached hydrogen (secondary N) is 1.